The third-order valence-electron chi connectivity index (χ3n) is 3.01. The Morgan fingerprint density at radius 3 is 2.81 bits per heavy atom. The van der Waals surface area contributed by atoms with Gasteiger partial charge in [-0.25, -0.2) is 4.79 Å². The van der Waals surface area contributed by atoms with Gasteiger partial charge in [-0.1, -0.05) is 30.3 Å². The molecular weight excluding hydrogens is 270 g/mol. The monoisotopic (exact) mass is 283 g/mol. The van der Waals surface area contributed by atoms with Crippen molar-refractivity contribution in [1.29, 1.82) is 0 Å². The number of hydrogen-bond acceptors (Lipinski definition) is 4. The van der Waals surface area contributed by atoms with Crippen molar-refractivity contribution in [3.8, 4) is 5.75 Å². The molecule has 3 rings (SSSR count). The smallest absolute Gasteiger partial charge is 0.411 e. The molecule has 106 valence electrons. The number of hydrogen-bond donors (Lipinski definition) is 2. The van der Waals surface area contributed by atoms with Crippen LogP contribution in [0.2, 0.25) is 0 Å². The molecule has 5 heteroatoms. The van der Waals surface area contributed by atoms with Crippen LogP contribution in [0.15, 0.2) is 59.2 Å². The topological polar surface area (TPSA) is 71.7 Å². The maximum absolute atomic E-state index is 11.7. The number of fused-ring (bicyclic) bond motifs is 1. The van der Waals surface area contributed by atoms with Crippen LogP contribution in [0.3, 0.4) is 0 Å². The minimum Gasteiger partial charge on any atom is -0.504 e. The lowest BCUT2D eigenvalue weighted by atomic mass is 10.2. The highest BCUT2D eigenvalue weighted by Crippen LogP contribution is 2.28. The predicted octanol–water partition coefficient (Wildman–Crippen LogP) is 3.89. The molecule has 0 saturated carbocycles. The molecule has 5 nitrogen and oxygen atoms in total. The molecule has 0 atom stereocenters. The van der Waals surface area contributed by atoms with E-state index in [1.807, 2.05) is 30.3 Å². The summed E-state index contributed by atoms with van der Waals surface area (Å²) in [5, 5.41) is 12.7. The molecule has 21 heavy (non-hydrogen) atoms. The second-order valence-corrected chi connectivity index (χ2v) is 4.52. The first-order valence-corrected chi connectivity index (χ1v) is 6.40. The summed E-state index contributed by atoms with van der Waals surface area (Å²) in [6, 6.07) is 14.4. The maximum atomic E-state index is 11.7. The number of carbonyl (C=O) groups is 1. The van der Waals surface area contributed by atoms with Crippen LogP contribution in [-0.4, -0.2) is 11.2 Å². The Labute approximate surface area is 120 Å². The summed E-state index contributed by atoms with van der Waals surface area (Å²) >= 11 is 0. The quantitative estimate of drug-likeness (QED) is 0.765. The molecule has 0 radical (unpaired) electrons. The van der Waals surface area contributed by atoms with E-state index in [0.717, 1.165) is 5.56 Å². The van der Waals surface area contributed by atoms with E-state index in [-0.39, 0.29) is 12.4 Å². The van der Waals surface area contributed by atoms with Gasteiger partial charge in [0.25, 0.3) is 0 Å². The van der Waals surface area contributed by atoms with Crippen LogP contribution in [0.4, 0.5) is 10.5 Å². The van der Waals surface area contributed by atoms with Gasteiger partial charge in [0.15, 0.2) is 5.75 Å². The number of furan rings is 1. The van der Waals surface area contributed by atoms with Gasteiger partial charge < -0.3 is 14.3 Å². The van der Waals surface area contributed by atoms with E-state index in [4.69, 9.17) is 9.15 Å². The van der Waals surface area contributed by atoms with Crippen molar-refractivity contribution in [3.05, 3.63) is 60.4 Å². The fourth-order valence-corrected chi connectivity index (χ4v) is 1.97. The Hall–Kier alpha value is -2.95. The lowest BCUT2D eigenvalue weighted by Gasteiger charge is -2.07. The van der Waals surface area contributed by atoms with Crippen LogP contribution in [0.5, 0.6) is 5.75 Å². The molecule has 0 saturated heterocycles. The van der Waals surface area contributed by atoms with E-state index in [0.29, 0.717) is 16.7 Å². The molecule has 2 N–H and O–H groups in total. The number of carbonyl (C=O) groups excluding carboxylic acids is 1. The Morgan fingerprint density at radius 1 is 1.19 bits per heavy atom. The number of ether oxygens (including phenoxy) is 1. The third kappa shape index (κ3) is 2.97. The summed E-state index contributed by atoms with van der Waals surface area (Å²) in [5.74, 6) is 0.0724. The molecule has 3 aromatic rings. The Kier molecular flexibility index (Phi) is 3.47. The van der Waals surface area contributed by atoms with Gasteiger partial charge >= 0.3 is 6.09 Å². The van der Waals surface area contributed by atoms with Gasteiger partial charge in [0.2, 0.25) is 0 Å². The molecule has 0 spiro atoms. The second kappa shape index (κ2) is 5.58. The molecule has 0 unspecified atom stereocenters. The zero-order valence-electron chi connectivity index (χ0n) is 11.1. The normalized spacial score (nSPS) is 10.5. The Morgan fingerprint density at radius 2 is 2.00 bits per heavy atom. The summed E-state index contributed by atoms with van der Waals surface area (Å²) < 4.78 is 10.3. The highest BCUT2D eigenvalue weighted by molar-refractivity contribution is 5.91. The number of nitrogens with one attached hydrogen (secondary N) is 1. The van der Waals surface area contributed by atoms with E-state index in [9.17, 15) is 9.90 Å². The molecule has 0 aliphatic rings. The van der Waals surface area contributed by atoms with Crippen molar-refractivity contribution in [2.24, 2.45) is 0 Å². The molecule has 1 aromatic heterocycles. The first-order chi connectivity index (χ1) is 10.2. The van der Waals surface area contributed by atoms with E-state index in [1.54, 1.807) is 18.2 Å². The van der Waals surface area contributed by atoms with Crippen LogP contribution in [-0.2, 0) is 11.3 Å². The van der Waals surface area contributed by atoms with Gasteiger partial charge in [-0.05, 0) is 17.7 Å². The largest absolute Gasteiger partial charge is 0.504 e. The average Bonchev–Trinajstić information content (AvgIpc) is 2.87. The van der Waals surface area contributed by atoms with Crippen molar-refractivity contribution in [1.82, 2.24) is 0 Å². The number of aromatic hydroxyl groups is 1. The minimum atomic E-state index is -0.547. The highest BCUT2D eigenvalue weighted by Gasteiger charge is 2.08. The van der Waals surface area contributed by atoms with E-state index in [1.165, 1.54) is 6.26 Å². The molecule has 1 heterocycles. The fourth-order valence-electron chi connectivity index (χ4n) is 1.97. The average molecular weight is 283 g/mol. The van der Waals surface area contributed by atoms with E-state index >= 15 is 0 Å². The SMILES string of the molecule is O=C(Nc1ccc2c(O)coc2c1)OCc1ccccc1. The molecular formula is C16H13NO4. The van der Waals surface area contributed by atoms with Crippen LogP contribution >= 0.6 is 0 Å². The highest BCUT2D eigenvalue weighted by atomic mass is 16.5. The number of rotatable bonds is 3. The number of amides is 1. The van der Waals surface area contributed by atoms with Crippen LogP contribution in [0, 0.1) is 0 Å². The van der Waals surface area contributed by atoms with Gasteiger partial charge in [-0.3, -0.25) is 5.32 Å². The van der Waals surface area contributed by atoms with Crippen molar-refractivity contribution >= 4 is 22.7 Å². The summed E-state index contributed by atoms with van der Waals surface area (Å²) in [6.45, 7) is 0.205. The van der Waals surface area contributed by atoms with E-state index < -0.39 is 6.09 Å². The third-order valence-corrected chi connectivity index (χ3v) is 3.01. The lowest BCUT2D eigenvalue weighted by Crippen LogP contribution is -2.13. The van der Waals surface area contributed by atoms with Crippen molar-refractivity contribution < 1.29 is 19.1 Å². The standard InChI is InChI=1S/C16H13NO4/c18-14-10-20-15-8-12(6-7-13(14)15)17-16(19)21-9-11-4-2-1-3-5-11/h1-8,10,18H,9H2,(H,17,19). The van der Waals surface area contributed by atoms with Gasteiger partial charge in [0, 0.05) is 11.8 Å². The fraction of sp³-hybridized carbons (Fsp3) is 0.0625. The number of benzene rings is 2. The number of anilines is 1. The van der Waals surface area contributed by atoms with Crippen molar-refractivity contribution in [3.63, 3.8) is 0 Å². The Bertz CT molecular complexity index is 764. The van der Waals surface area contributed by atoms with Crippen molar-refractivity contribution in [2.45, 2.75) is 6.61 Å². The zero-order valence-corrected chi connectivity index (χ0v) is 11.1. The predicted molar refractivity (Wildman–Crippen MR) is 78.1 cm³/mol. The Balaban J connectivity index is 1.63. The minimum absolute atomic E-state index is 0.0724. The lowest BCUT2D eigenvalue weighted by molar-refractivity contribution is 0.155. The van der Waals surface area contributed by atoms with Crippen LogP contribution in [0.25, 0.3) is 11.0 Å². The summed E-state index contributed by atoms with van der Waals surface area (Å²) in [4.78, 5) is 11.7. The molecule has 0 aliphatic heterocycles. The zero-order chi connectivity index (χ0) is 14.7. The van der Waals surface area contributed by atoms with Gasteiger partial charge in [0.1, 0.15) is 18.5 Å². The summed E-state index contributed by atoms with van der Waals surface area (Å²) in [7, 11) is 0. The molecule has 0 fully saturated rings. The van der Waals surface area contributed by atoms with E-state index in [2.05, 4.69) is 5.32 Å². The molecule has 0 bridgehead atoms. The second-order valence-electron chi connectivity index (χ2n) is 4.52. The van der Waals surface area contributed by atoms with Crippen LogP contribution in [0.1, 0.15) is 5.56 Å². The van der Waals surface area contributed by atoms with Crippen LogP contribution < -0.4 is 5.32 Å². The maximum Gasteiger partial charge on any atom is 0.411 e. The first kappa shape index (κ1) is 13.1. The first-order valence-electron chi connectivity index (χ1n) is 6.40. The summed E-state index contributed by atoms with van der Waals surface area (Å²) in [6.07, 6.45) is 0.705. The van der Waals surface area contributed by atoms with Gasteiger partial charge in [0.05, 0.1) is 5.39 Å². The van der Waals surface area contributed by atoms with Gasteiger partial charge in [-0.15, -0.1) is 0 Å². The summed E-state index contributed by atoms with van der Waals surface area (Å²) in [5.41, 5.74) is 1.95. The molecule has 1 amide bonds. The molecule has 2 aromatic carbocycles. The molecule has 0 aliphatic carbocycles. The van der Waals surface area contributed by atoms with Gasteiger partial charge in [-0.2, -0.15) is 0 Å². The van der Waals surface area contributed by atoms with Crippen molar-refractivity contribution in [2.75, 3.05) is 5.32 Å².